The second-order valence-electron chi connectivity index (χ2n) is 5.25. The molecule has 112 valence electrons. The lowest BCUT2D eigenvalue weighted by Gasteiger charge is -2.36. The van der Waals surface area contributed by atoms with Crippen molar-refractivity contribution in [2.75, 3.05) is 36.5 Å². The van der Waals surface area contributed by atoms with Crippen LogP contribution in [-0.4, -0.2) is 42.3 Å². The molecule has 0 radical (unpaired) electrons. The van der Waals surface area contributed by atoms with E-state index < -0.39 is 0 Å². The fraction of sp³-hybridized carbons (Fsp3) is 0.500. The Labute approximate surface area is 125 Å². The van der Waals surface area contributed by atoms with Gasteiger partial charge in [0.15, 0.2) is 0 Å². The van der Waals surface area contributed by atoms with Gasteiger partial charge in [-0.25, -0.2) is 4.98 Å². The summed E-state index contributed by atoms with van der Waals surface area (Å²) in [6.45, 7) is 7.47. The fourth-order valence-corrected chi connectivity index (χ4v) is 2.79. The number of rotatable bonds is 4. The lowest BCUT2D eigenvalue weighted by Crippen LogP contribution is -2.45. The van der Waals surface area contributed by atoms with E-state index in [1.165, 1.54) is 0 Å². The molecule has 0 spiro atoms. The van der Waals surface area contributed by atoms with Gasteiger partial charge in [0.25, 0.3) is 0 Å². The molecule has 1 aliphatic heterocycles. The quantitative estimate of drug-likeness (QED) is 0.936. The van der Waals surface area contributed by atoms with Crippen LogP contribution in [0.3, 0.4) is 0 Å². The van der Waals surface area contributed by atoms with Crippen LogP contribution in [0, 0.1) is 0 Å². The van der Waals surface area contributed by atoms with Crippen molar-refractivity contribution >= 4 is 22.7 Å². The zero-order chi connectivity index (χ0) is 14.7. The first kappa shape index (κ1) is 14.1. The van der Waals surface area contributed by atoms with Gasteiger partial charge >= 0.3 is 0 Å². The van der Waals surface area contributed by atoms with Crippen LogP contribution in [0.5, 0.6) is 0 Å². The summed E-state index contributed by atoms with van der Waals surface area (Å²) in [7, 11) is 0. The van der Waals surface area contributed by atoms with Crippen molar-refractivity contribution in [1.82, 2.24) is 9.97 Å². The lowest BCUT2D eigenvalue weighted by molar-refractivity contribution is 0.0927. The van der Waals surface area contributed by atoms with Crippen LogP contribution in [0.2, 0.25) is 0 Å². The van der Waals surface area contributed by atoms with Crippen LogP contribution in [-0.2, 0) is 4.74 Å². The van der Waals surface area contributed by atoms with Gasteiger partial charge in [0.2, 0.25) is 5.95 Å². The molecule has 0 aliphatic carbocycles. The van der Waals surface area contributed by atoms with Gasteiger partial charge < -0.3 is 15.0 Å². The molecule has 5 heteroatoms. The molecule has 2 heterocycles. The maximum Gasteiger partial charge on any atom is 0.225 e. The van der Waals surface area contributed by atoms with E-state index in [2.05, 4.69) is 35.1 Å². The smallest absolute Gasteiger partial charge is 0.225 e. The lowest BCUT2D eigenvalue weighted by atomic mass is 10.1. The summed E-state index contributed by atoms with van der Waals surface area (Å²) in [4.78, 5) is 11.7. The minimum absolute atomic E-state index is 0.381. The minimum Gasteiger partial charge on any atom is -0.377 e. The maximum absolute atomic E-state index is 5.61. The zero-order valence-electron chi connectivity index (χ0n) is 12.7. The number of hydrogen-bond acceptors (Lipinski definition) is 5. The summed E-state index contributed by atoms with van der Waals surface area (Å²) in [5.74, 6) is 1.72. The standard InChI is InChI=1S/C16H22N4O/c1-3-12-11-21-10-9-20(12)15-13-7-5-6-8-14(13)18-16(19-15)17-4-2/h5-8,12H,3-4,9-11H2,1-2H3,(H,17,18,19). The second-order valence-corrected chi connectivity index (χ2v) is 5.25. The molecule has 1 N–H and O–H groups in total. The highest BCUT2D eigenvalue weighted by molar-refractivity contribution is 5.90. The van der Waals surface area contributed by atoms with Crippen LogP contribution in [0.25, 0.3) is 10.9 Å². The molecular weight excluding hydrogens is 264 g/mol. The Bertz CT molecular complexity index is 616. The average Bonchev–Trinajstić information content (AvgIpc) is 2.54. The molecule has 0 bridgehead atoms. The van der Waals surface area contributed by atoms with Gasteiger partial charge in [-0.05, 0) is 25.5 Å². The third-order valence-electron chi connectivity index (χ3n) is 3.89. The molecule has 21 heavy (non-hydrogen) atoms. The molecule has 1 atom stereocenters. The summed E-state index contributed by atoms with van der Waals surface area (Å²) in [5.41, 5.74) is 0.986. The SMILES string of the molecule is CCNc1nc(N2CCOCC2CC)c2ccccc2n1. The third kappa shape index (κ3) is 2.78. The molecule has 2 aromatic rings. The van der Waals surface area contributed by atoms with Crippen molar-refractivity contribution in [3.63, 3.8) is 0 Å². The summed E-state index contributed by atoms with van der Waals surface area (Å²) in [6, 6.07) is 8.59. The molecular formula is C16H22N4O. The van der Waals surface area contributed by atoms with Crippen LogP contribution >= 0.6 is 0 Å². The molecule has 0 saturated carbocycles. The van der Waals surface area contributed by atoms with Gasteiger partial charge in [-0.1, -0.05) is 19.1 Å². The molecule has 1 aromatic carbocycles. The van der Waals surface area contributed by atoms with Gasteiger partial charge in [0, 0.05) is 18.5 Å². The van der Waals surface area contributed by atoms with E-state index in [4.69, 9.17) is 9.72 Å². The number of anilines is 2. The molecule has 1 fully saturated rings. The summed E-state index contributed by atoms with van der Waals surface area (Å²) < 4.78 is 5.61. The Morgan fingerprint density at radius 1 is 1.29 bits per heavy atom. The van der Waals surface area contributed by atoms with Gasteiger partial charge in [0.05, 0.1) is 24.8 Å². The van der Waals surface area contributed by atoms with Gasteiger partial charge in [-0.3, -0.25) is 0 Å². The number of fused-ring (bicyclic) bond motifs is 1. The molecule has 1 saturated heterocycles. The number of benzene rings is 1. The molecule has 5 nitrogen and oxygen atoms in total. The number of para-hydroxylation sites is 1. The van der Waals surface area contributed by atoms with Gasteiger partial charge in [-0.15, -0.1) is 0 Å². The molecule has 3 rings (SSSR count). The van der Waals surface area contributed by atoms with Crippen molar-refractivity contribution < 1.29 is 4.74 Å². The Morgan fingerprint density at radius 3 is 2.95 bits per heavy atom. The number of ether oxygens (including phenoxy) is 1. The third-order valence-corrected chi connectivity index (χ3v) is 3.89. The van der Waals surface area contributed by atoms with Crippen molar-refractivity contribution in [3.05, 3.63) is 24.3 Å². The first-order valence-corrected chi connectivity index (χ1v) is 7.68. The van der Waals surface area contributed by atoms with Crippen LogP contribution in [0.15, 0.2) is 24.3 Å². The highest BCUT2D eigenvalue weighted by Crippen LogP contribution is 2.28. The van der Waals surface area contributed by atoms with E-state index in [0.717, 1.165) is 49.4 Å². The van der Waals surface area contributed by atoms with Crippen LogP contribution in [0.1, 0.15) is 20.3 Å². The Morgan fingerprint density at radius 2 is 2.14 bits per heavy atom. The van der Waals surface area contributed by atoms with Crippen molar-refractivity contribution in [2.24, 2.45) is 0 Å². The first-order chi connectivity index (χ1) is 10.3. The normalized spacial score (nSPS) is 19.0. The minimum atomic E-state index is 0.381. The number of nitrogens with zero attached hydrogens (tertiary/aromatic N) is 3. The topological polar surface area (TPSA) is 50.3 Å². The average molecular weight is 286 g/mol. The van der Waals surface area contributed by atoms with Crippen molar-refractivity contribution in [3.8, 4) is 0 Å². The molecule has 1 aromatic heterocycles. The second kappa shape index (κ2) is 6.26. The first-order valence-electron chi connectivity index (χ1n) is 7.68. The predicted molar refractivity (Wildman–Crippen MR) is 85.9 cm³/mol. The summed E-state index contributed by atoms with van der Waals surface area (Å²) in [6.07, 6.45) is 1.05. The van der Waals surface area contributed by atoms with E-state index in [-0.39, 0.29) is 0 Å². The number of hydrogen-bond donors (Lipinski definition) is 1. The van der Waals surface area contributed by atoms with Gasteiger partial charge in [-0.2, -0.15) is 4.98 Å². The van der Waals surface area contributed by atoms with Crippen molar-refractivity contribution in [2.45, 2.75) is 26.3 Å². The molecule has 1 unspecified atom stereocenters. The largest absolute Gasteiger partial charge is 0.377 e. The Kier molecular flexibility index (Phi) is 4.20. The summed E-state index contributed by atoms with van der Waals surface area (Å²) in [5, 5.41) is 4.34. The number of aromatic nitrogens is 2. The molecule has 1 aliphatic rings. The van der Waals surface area contributed by atoms with Crippen molar-refractivity contribution in [1.29, 1.82) is 0 Å². The Balaban J connectivity index is 2.10. The predicted octanol–water partition coefficient (Wildman–Crippen LogP) is 2.68. The van der Waals surface area contributed by atoms with E-state index >= 15 is 0 Å². The van der Waals surface area contributed by atoms with E-state index in [1.807, 2.05) is 18.2 Å². The number of nitrogens with one attached hydrogen (secondary N) is 1. The van der Waals surface area contributed by atoms with Crippen LogP contribution in [0.4, 0.5) is 11.8 Å². The fourth-order valence-electron chi connectivity index (χ4n) is 2.79. The van der Waals surface area contributed by atoms with Gasteiger partial charge in [0.1, 0.15) is 5.82 Å². The zero-order valence-corrected chi connectivity index (χ0v) is 12.7. The van der Waals surface area contributed by atoms with E-state index in [1.54, 1.807) is 0 Å². The highest BCUT2D eigenvalue weighted by Gasteiger charge is 2.24. The Hall–Kier alpha value is -1.88. The monoisotopic (exact) mass is 286 g/mol. The maximum atomic E-state index is 5.61. The number of morpholine rings is 1. The van der Waals surface area contributed by atoms with Crippen LogP contribution < -0.4 is 10.2 Å². The molecule has 0 amide bonds. The van der Waals surface area contributed by atoms with E-state index in [0.29, 0.717) is 12.0 Å². The highest BCUT2D eigenvalue weighted by atomic mass is 16.5. The van der Waals surface area contributed by atoms with E-state index in [9.17, 15) is 0 Å². The summed E-state index contributed by atoms with van der Waals surface area (Å²) >= 11 is 0.